The monoisotopic (exact) mass is 615 g/mol. The molecule has 2 amide bonds. The highest BCUT2D eigenvalue weighted by molar-refractivity contribution is 5.86. The Morgan fingerprint density at radius 2 is 1.67 bits per heavy atom. The number of ether oxygens (including phenoxy) is 4. The number of rotatable bonds is 10. The summed E-state index contributed by atoms with van der Waals surface area (Å²) in [6.07, 6.45) is 4.48. The minimum absolute atomic E-state index is 0.0608. The number of piperazine rings is 1. The predicted molar refractivity (Wildman–Crippen MR) is 166 cm³/mol. The molecular weight excluding hydrogens is 578 g/mol. The van der Waals surface area contributed by atoms with Gasteiger partial charge in [0.2, 0.25) is 11.9 Å². The fourth-order valence-electron chi connectivity index (χ4n) is 5.03. The lowest BCUT2D eigenvalue weighted by molar-refractivity contribution is -0.123. The summed E-state index contributed by atoms with van der Waals surface area (Å²) in [5.41, 5.74) is 1.50. The average Bonchev–Trinajstić information content (AvgIpc) is 3.62. The minimum Gasteiger partial charge on any atom is -0.497 e. The number of hydrogen-bond acceptors (Lipinski definition) is 10. The number of benzene rings is 2. The minimum atomic E-state index is -0.798. The maximum Gasteiger partial charge on any atom is 0.415 e. The summed E-state index contributed by atoms with van der Waals surface area (Å²) in [7, 11) is 4.69. The number of aromatic nitrogens is 4. The van der Waals surface area contributed by atoms with Gasteiger partial charge in [-0.2, -0.15) is 4.98 Å². The van der Waals surface area contributed by atoms with Gasteiger partial charge in [0.05, 0.1) is 45.7 Å². The number of amides is 2. The van der Waals surface area contributed by atoms with Gasteiger partial charge in [0.25, 0.3) is 0 Å². The first-order chi connectivity index (χ1) is 21.8. The van der Waals surface area contributed by atoms with Crippen molar-refractivity contribution < 1.29 is 28.5 Å². The number of hydrogen-bond donors (Lipinski definition) is 1. The van der Waals surface area contributed by atoms with Crippen LogP contribution in [0, 0.1) is 0 Å². The molecule has 5 rings (SSSR count). The summed E-state index contributed by atoms with van der Waals surface area (Å²) in [6, 6.07) is 13.3. The summed E-state index contributed by atoms with van der Waals surface area (Å²) in [6.45, 7) is 4.93. The van der Waals surface area contributed by atoms with E-state index >= 15 is 0 Å². The van der Waals surface area contributed by atoms with Crippen LogP contribution in [-0.4, -0.2) is 83.4 Å². The van der Waals surface area contributed by atoms with Crippen LogP contribution in [-0.2, 0) is 11.3 Å². The van der Waals surface area contributed by atoms with Gasteiger partial charge < -0.3 is 34.1 Å². The van der Waals surface area contributed by atoms with Gasteiger partial charge in [0, 0.05) is 31.5 Å². The van der Waals surface area contributed by atoms with E-state index in [1.807, 2.05) is 30.9 Å². The smallest absolute Gasteiger partial charge is 0.415 e. The molecule has 4 aromatic rings. The molecule has 0 radical (unpaired) electrons. The molecule has 1 fully saturated rings. The maximum absolute atomic E-state index is 14.0. The molecule has 1 aliphatic heterocycles. The summed E-state index contributed by atoms with van der Waals surface area (Å²) in [5, 5.41) is 3.03. The van der Waals surface area contributed by atoms with Crippen LogP contribution in [0.3, 0.4) is 0 Å². The second-order valence-corrected chi connectivity index (χ2v) is 10.6. The van der Waals surface area contributed by atoms with Crippen molar-refractivity contribution in [3.05, 3.63) is 78.5 Å². The van der Waals surface area contributed by atoms with E-state index in [0.717, 1.165) is 5.69 Å². The van der Waals surface area contributed by atoms with E-state index in [-0.39, 0.29) is 24.9 Å². The first-order valence-electron chi connectivity index (χ1n) is 14.5. The van der Waals surface area contributed by atoms with Crippen molar-refractivity contribution in [3.63, 3.8) is 0 Å². The van der Waals surface area contributed by atoms with E-state index < -0.39 is 12.1 Å². The quantitative estimate of drug-likeness (QED) is 0.281. The maximum atomic E-state index is 14.0. The SMILES string of the molecule is COc1ccc(OC(=O)N2CCN(c3cc(C(C)C)nc(-n4ccnc4)n3)C(C(=O)NCc3c(OC)cccc3OC)C2)cc1. The number of imidazole rings is 1. The standard InChI is InChI=1S/C32H37N7O6/c1-21(2)25-17-29(36-31(35-25)38-14-13-33-20-38)39-16-15-37(32(41)45-23-11-9-22(42-3)10-12-23)19-26(39)30(40)34-18-24-27(43-4)7-6-8-28(24)44-5/h6-14,17,20-21,26H,15-16,18-19H2,1-5H3,(H,34,40). The van der Waals surface area contributed by atoms with E-state index in [4.69, 9.17) is 28.9 Å². The molecule has 1 aliphatic rings. The number of carbonyl (C=O) groups excluding carboxylic acids is 2. The topological polar surface area (TPSA) is 133 Å². The Balaban J connectivity index is 1.44. The Labute approximate surface area is 261 Å². The normalized spacial score (nSPS) is 14.7. The Morgan fingerprint density at radius 3 is 2.29 bits per heavy atom. The van der Waals surface area contributed by atoms with Gasteiger partial charge in [-0.25, -0.2) is 14.8 Å². The fraction of sp³-hybridized carbons (Fsp3) is 0.344. The zero-order chi connectivity index (χ0) is 31.9. The average molecular weight is 616 g/mol. The highest BCUT2D eigenvalue weighted by atomic mass is 16.6. The van der Waals surface area contributed by atoms with Gasteiger partial charge in [-0.05, 0) is 42.3 Å². The molecule has 2 aromatic carbocycles. The van der Waals surface area contributed by atoms with Gasteiger partial charge >= 0.3 is 6.09 Å². The van der Waals surface area contributed by atoms with Crippen molar-refractivity contribution in [2.24, 2.45) is 0 Å². The Bertz CT molecular complexity index is 1590. The van der Waals surface area contributed by atoms with Crippen LogP contribution < -0.4 is 29.2 Å². The van der Waals surface area contributed by atoms with E-state index in [1.54, 1.807) is 81.0 Å². The summed E-state index contributed by atoms with van der Waals surface area (Å²) in [4.78, 5) is 44.4. The molecule has 0 aliphatic carbocycles. The summed E-state index contributed by atoms with van der Waals surface area (Å²) >= 11 is 0. The van der Waals surface area contributed by atoms with Crippen molar-refractivity contribution >= 4 is 17.8 Å². The van der Waals surface area contributed by atoms with Gasteiger partial charge in [-0.15, -0.1) is 0 Å². The molecule has 1 atom stereocenters. The third-order valence-electron chi connectivity index (χ3n) is 7.52. The molecule has 236 valence electrons. The lowest BCUT2D eigenvalue weighted by atomic mass is 10.1. The molecule has 13 nitrogen and oxygen atoms in total. The van der Waals surface area contributed by atoms with Gasteiger partial charge in [-0.3, -0.25) is 9.36 Å². The van der Waals surface area contributed by atoms with Gasteiger partial charge in [0.1, 0.15) is 41.2 Å². The number of nitrogens with zero attached hydrogens (tertiary/aromatic N) is 6. The number of nitrogens with one attached hydrogen (secondary N) is 1. The van der Waals surface area contributed by atoms with E-state index in [0.29, 0.717) is 53.4 Å². The van der Waals surface area contributed by atoms with E-state index in [9.17, 15) is 9.59 Å². The van der Waals surface area contributed by atoms with Crippen molar-refractivity contribution in [2.75, 3.05) is 45.9 Å². The largest absolute Gasteiger partial charge is 0.497 e. The number of anilines is 1. The number of methoxy groups -OCH3 is 3. The Morgan fingerprint density at radius 1 is 0.956 bits per heavy atom. The molecule has 1 unspecified atom stereocenters. The zero-order valence-electron chi connectivity index (χ0n) is 26.0. The highest BCUT2D eigenvalue weighted by Crippen LogP contribution is 2.29. The van der Waals surface area contributed by atoms with E-state index in [2.05, 4.69) is 10.3 Å². The van der Waals surface area contributed by atoms with Crippen LogP contribution in [0.1, 0.15) is 31.0 Å². The fourth-order valence-corrected chi connectivity index (χ4v) is 5.03. The molecule has 13 heteroatoms. The van der Waals surface area contributed by atoms with Crippen molar-refractivity contribution in [2.45, 2.75) is 32.4 Å². The second kappa shape index (κ2) is 14.0. The molecule has 45 heavy (non-hydrogen) atoms. The third kappa shape index (κ3) is 7.08. The third-order valence-corrected chi connectivity index (χ3v) is 7.52. The van der Waals surface area contributed by atoms with Crippen LogP contribution >= 0.6 is 0 Å². The van der Waals surface area contributed by atoms with Crippen LogP contribution in [0.15, 0.2) is 67.3 Å². The lowest BCUT2D eigenvalue weighted by Gasteiger charge is -2.40. The Kier molecular flexibility index (Phi) is 9.66. The first kappa shape index (κ1) is 31.1. The molecular formula is C32H37N7O6. The predicted octanol–water partition coefficient (Wildman–Crippen LogP) is 3.82. The molecule has 1 N–H and O–H groups in total. The first-order valence-corrected chi connectivity index (χ1v) is 14.5. The highest BCUT2D eigenvalue weighted by Gasteiger charge is 2.36. The molecule has 3 heterocycles. The molecule has 0 saturated carbocycles. The molecule has 0 bridgehead atoms. The number of carbonyl (C=O) groups is 2. The molecule has 2 aromatic heterocycles. The van der Waals surface area contributed by atoms with Crippen molar-refractivity contribution in [3.8, 4) is 28.9 Å². The van der Waals surface area contributed by atoms with Crippen molar-refractivity contribution in [1.82, 2.24) is 29.7 Å². The van der Waals surface area contributed by atoms with Gasteiger partial charge in [-0.1, -0.05) is 19.9 Å². The molecule has 0 spiro atoms. The lowest BCUT2D eigenvalue weighted by Crippen LogP contribution is -2.61. The zero-order valence-corrected chi connectivity index (χ0v) is 26.0. The van der Waals surface area contributed by atoms with Crippen LogP contribution in [0.5, 0.6) is 23.0 Å². The van der Waals surface area contributed by atoms with Crippen molar-refractivity contribution in [1.29, 1.82) is 0 Å². The summed E-state index contributed by atoms with van der Waals surface area (Å²) in [5.74, 6) is 2.98. The Hall–Kier alpha value is -5.33. The molecule has 1 saturated heterocycles. The summed E-state index contributed by atoms with van der Waals surface area (Å²) < 4.78 is 23.6. The van der Waals surface area contributed by atoms with E-state index in [1.165, 1.54) is 4.90 Å². The van der Waals surface area contributed by atoms with Crippen LogP contribution in [0.25, 0.3) is 5.95 Å². The van der Waals surface area contributed by atoms with Gasteiger partial charge in [0.15, 0.2) is 0 Å². The van der Waals surface area contributed by atoms with Crippen LogP contribution in [0.4, 0.5) is 10.6 Å². The second-order valence-electron chi connectivity index (χ2n) is 10.6. The van der Waals surface area contributed by atoms with Crippen LogP contribution in [0.2, 0.25) is 0 Å².